The van der Waals surface area contributed by atoms with Crippen molar-refractivity contribution >= 4 is 18.3 Å². The molecule has 1 aliphatic rings. The largest absolute Gasteiger partial charge is 0.443 e. The summed E-state index contributed by atoms with van der Waals surface area (Å²) in [6, 6.07) is 3.70. The van der Waals surface area contributed by atoms with Crippen molar-refractivity contribution in [3.8, 4) is 0 Å². The van der Waals surface area contributed by atoms with Crippen LogP contribution >= 0.6 is 0 Å². The Morgan fingerprint density at radius 1 is 1.50 bits per heavy atom. The number of likely N-dealkylation sites (tertiary alicyclic amines) is 1. The van der Waals surface area contributed by atoms with E-state index >= 15 is 0 Å². The minimum absolute atomic E-state index is 0.0360. The summed E-state index contributed by atoms with van der Waals surface area (Å²) in [5, 5.41) is 0. The SMILES string of the molecule is CN(C(=O)OC(C)(C)C)c1ncccc1[C@@H]1CCCN1C=O. The number of carbonyl (C=O) groups is 2. The molecule has 22 heavy (non-hydrogen) atoms. The number of rotatable bonds is 3. The molecule has 2 heterocycles. The first kappa shape index (κ1) is 16.3. The molecule has 6 nitrogen and oxygen atoms in total. The van der Waals surface area contributed by atoms with E-state index in [0.29, 0.717) is 5.82 Å². The predicted molar refractivity (Wildman–Crippen MR) is 83.6 cm³/mol. The average Bonchev–Trinajstić information content (AvgIpc) is 2.93. The van der Waals surface area contributed by atoms with Crippen molar-refractivity contribution in [2.24, 2.45) is 0 Å². The van der Waals surface area contributed by atoms with Crippen molar-refractivity contribution in [2.75, 3.05) is 18.5 Å². The van der Waals surface area contributed by atoms with Crippen LogP contribution < -0.4 is 4.90 Å². The van der Waals surface area contributed by atoms with Crippen LogP contribution in [0.2, 0.25) is 0 Å². The van der Waals surface area contributed by atoms with Crippen molar-refractivity contribution in [1.82, 2.24) is 9.88 Å². The summed E-state index contributed by atoms with van der Waals surface area (Å²) in [6.07, 6.45) is 3.87. The molecule has 0 unspecified atom stereocenters. The third kappa shape index (κ3) is 3.55. The molecular weight excluding hydrogens is 282 g/mol. The summed E-state index contributed by atoms with van der Waals surface area (Å²) >= 11 is 0. The first-order chi connectivity index (χ1) is 10.3. The summed E-state index contributed by atoms with van der Waals surface area (Å²) < 4.78 is 5.39. The quantitative estimate of drug-likeness (QED) is 0.806. The molecule has 0 bridgehead atoms. The zero-order valence-corrected chi connectivity index (χ0v) is 13.6. The van der Waals surface area contributed by atoms with Gasteiger partial charge in [-0.15, -0.1) is 0 Å². The van der Waals surface area contributed by atoms with Crippen molar-refractivity contribution < 1.29 is 14.3 Å². The van der Waals surface area contributed by atoms with Crippen LogP contribution in [0.3, 0.4) is 0 Å². The lowest BCUT2D eigenvalue weighted by Gasteiger charge is -2.28. The number of nitrogens with zero attached hydrogens (tertiary/aromatic N) is 3. The van der Waals surface area contributed by atoms with Gasteiger partial charge in [0.05, 0.1) is 6.04 Å². The number of amides is 2. The van der Waals surface area contributed by atoms with Crippen LogP contribution in [0.4, 0.5) is 10.6 Å². The molecule has 0 aliphatic carbocycles. The molecule has 1 aromatic rings. The van der Waals surface area contributed by atoms with Gasteiger partial charge in [-0.2, -0.15) is 0 Å². The fraction of sp³-hybridized carbons (Fsp3) is 0.562. The topological polar surface area (TPSA) is 62.7 Å². The number of hydrogen-bond donors (Lipinski definition) is 0. The van der Waals surface area contributed by atoms with E-state index in [4.69, 9.17) is 4.74 Å². The molecule has 1 saturated heterocycles. The zero-order chi connectivity index (χ0) is 16.3. The van der Waals surface area contributed by atoms with E-state index in [9.17, 15) is 9.59 Å². The fourth-order valence-corrected chi connectivity index (χ4v) is 2.62. The van der Waals surface area contributed by atoms with Gasteiger partial charge in [-0.25, -0.2) is 9.78 Å². The Hall–Kier alpha value is -2.11. The molecule has 1 fully saturated rings. The molecule has 1 aromatic heterocycles. The van der Waals surface area contributed by atoms with Crippen LogP contribution in [0.1, 0.15) is 45.2 Å². The van der Waals surface area contributed by atoms with Crippen LogP contribution in [-0.4, -0.2) is 41.6 Å². The van der Waals surface area contributed by atoms with Gasteiger partial charge in [0.2, 0.25) is 6.41 Å². The lowest BCUT2D eigenvalue weighted by Crippen LogP contribution is -2.35. The predicted octanol–water partition coefficient (Wildman–Crippen LogP) is 2.75. The van der Waals surface area contributed by atoms with E-state index in [-0.39, 0.29) is 6.04 Å². The van der Waals surface area contributed by atoms with Gasteiger partial charge < -0.3 is 9.64 Å². The van der Waals surface area contributed by atoms with Crippen molar-refractivity contribution in [3.63, 3.8) is 0 Å². The summed E-state index contributed by atoms with van der Waals surface area (Å²) in [6.45, 7) is 6.20. The highest BCUT2D eigenvalue weighted by molar-refractivity contribution is 5.87. The van der Waals surface area contributed by atoms with E-state index in [1.54, 1.807) is 18.1 Å². The zero-order valence-electron chi connectivity index (χ0n) is 13.6. The number of anilines is 1. The second kappa shape index (κ2) is 6.34. The Labute approximate surface area is 131 Å². The van der Waals surface area contributed by atoms with E-state index < -0.39 is 11.7 Å². The van der Waals surface area contributed by atoms with Gasteiger partial charge in [0.15, 0.2) is 0 Å². The van der Waals surface area contributed by atoms with Gasteiger partial charge in [0.1, 0.15) is 11.4 Å². The molecule has 0 saturated carbocycles. The van der Waals surface area contributed by atoms with Gasteiger partial charge in [-0.3, -0.25) is 9.69 Å². The maximum absolute atomic E-state index is 12.3. The summed E-state index contributed by atoms with van der Waals surface area (Å²) in [5.74, 6) is 0.538. The maximum atomic E-state index is 12.3. The fourth-order valence-electron chi connectivity index (χ4n) is 2.62. The molecule has 0 N–H and O–H groups in total. The van der Waals surface area contributed by atoms with Crippen LogP contribution in [0.25, 0.3) is 0 Å². The van der Waals surface area contributed by atoms with Crippen LogP contribution in [0.5, 0.6) is 0 Å². The van der Waals surface area contributed by atoms with Crippen LogP contribution in [0, 0.1) is 0 Å². The first-order valence-corrected chi connectivity index (χ1v) is 7.46. The minimum atomic E-state index is -0.567. The molecule has 2 amide bonds. The highest BCUT2D eigenvalue weighted by Crippen LogP contribution is 2.35. The lowest BCUT2D eigenvalue weighted by molar-refractivity contribution is -0.118. The molecule has 120 valence electrons. The highest BCUT2D eigenvalue weighted by atomic mass is 16.6. The molecule has 6 heteroatoms. The number of carbonyl (C=O) groups excluding carboxylic acids is 2. The maximum Gasteiger partial charge on any atom is 0.415 e. The van der Waals surface area contributed by atoms with Gasteiger partial charge in [0, 0.05) is 25.4 Å². The molecule has 0 spiro atoms. The third-order valence-electron chi connectivity index (χ3n) is 3.59. The van der Waals surface area contributed by atoms with E-state index in [1.807, 2.05) is 32.9 Å². The second-order valence-electron chi connectivity index (χ2n) is 6.46. The van der Waals surface area contributed by atoms with Gasteiger partial charge in [0.25, 0.3) is 0 Å². The van der Waals surface area contributed by atoms with E-state index in [2.05, 4.69) is 4.98 Å². The third-order valence-corrected chi connectivity index (χ3v) is 3.59. The van der Waals surface area contributed by atoms with Crippen LogP contribution in [0.15, 0.2) is 18.3 Å². The monoisotopic (exact) mass is 305 g/mol. The summed E-state index contributed by atoms with van der Waals surface area (Å²) in [5.41, 5.74) is 0.308. The first-order valence-electron chi connectivity index (χ1n) is 7.46. The number of hydrogen-bond acceptors (Lipinski definition) is 4. The molecule has 2 rings (SSSR count). The van der Waals surface area contributed by atoms with Crippen LogP contribution in [-0.2, 0) is 9.53 Å². The molecule has 1 atom stereocenters. The van der Waals surface area contributed by atoms with E-state index in [1.165, 1.54) is 4.90 Å². The number of ether oxygens (including phenoxy) is 1. The molecule has 0 aromatic carbocycles. The minimum Gasteiger partial charge on any atom is -0.443 e. The Morgan fingerprint density at radius 3 is 2.86 bits per heavy atom. The van der Waals surface area contributed by atoms with Gasteiger partial charge >= 0.3 is 6.09 Å². The Morgan fingerprint density at radius 2 is 2.23 bits per heavy atom. The summed E-state index contributed by atoms with van der Waals surface area (Å²) in [7, 11) is 1.64. The van der Waals surface area contributed by atoms with Gasteiger partial charge in [-0.05, 0) is 39.7 Å². The molecular formula is C16H23N3O3. The number of aromatic nitrogens is 1. The Bertz CT molecular complexity index is 554. The van der Waals surface area contributed by atoms with Gasteiger partial charge in [-0.1, -0.05) is 6.07 Å². The average molecular weight is 305 g/mol. The second-order valence-corrected chi connectivity index (χ2v) is 6.46. The van der Waals surface area contributed by atoms with Crippen molar-refractivity contribution in [3.05, 3.63) is 23.9 Å². The lowest BCUT2D eigenvalue weighted by atomic mass is 10.1. The smallest absolute Gasteiger partial charge is 0.415 e. The highest BCUT2D eigenvalue weighted by Gasteiger charge is 2.30. The molecule has 1 aliphatic heterocycles. The normalized spacial score (nSPS) is 18.2. The Kier molecular flexibility index (Phi) is 4.68. The van der Waals surface area contributed by atoms with Crippen molar-refractivity contribution in [1.29, 1.82) is 0 Å². The summed E-state index contributed by atoms with van der Waals surface area (Å²) in [4.78, 5) is 30.9. The van der Waals surface area contributed by atoms with Crippen molar-refractivity contribution in [2.45, 2.75) is 45.3 Å². The van der Waals surface area contributed by atoms with E-state index in [0.717, 1.165) is 31.4 Å². The Balaban J connectivity index is 2.28. The number of pyridine rings is 1. The standard InChI is InChI=1S/C16H23N3O3/c1-16(2,3)22-15(21)18(4)14-12(7-5-9-17-14)13-8-6-10-19(13)11-20/h5,7,9,11,13H,6,8,10H2,1-4H3/t13-/m0/s1. The molecule has 0 radical (unpaired) electrons.